The highest BCUT2D eigenvalue weighted by molar-refractivity contribution is 5.69. The van der Waals surface area contributed by atoms with Crippen molar-refractivity contribution in [3.05, 3.63) is 40.9 Å². The molecule has 78 valence electrons. The molecule has 0 unspecified atom stereocenters. The molecule has 0 amide bonds. The molecule has 0 aliphatic rings. The standard InChI is InChI=1S/C11H12N2O2/c1-2-13-9(10(12)15-11(13)14)8-6-4-3-5-7-8/h3-7H,2,12H2,1H3. The van der Waals surface area contributed by atoms with E-state index in [1.165, 1.54) is 4.57 Å². The maximum Gasteiger partial charge on any atom is 0.421 e. The minimum atomic E-state index is -0.408. The van der Waals surface area contributed by atoms with Crippen LogP contribution < -0.4 is 11.5 Å². The van der Waals surface area contributed by atoms with E-state index in [1.54, 1.807) is 0 Å². The molecular formula is C11H12N2O2. The molecule has 4 heteroatoms. The Balaban J connectivity index is 2.67. The first-order valence-corrected chi connectivity index (χ1v) is 4.78. The van der Waals surface area contributed by atoms with Crippen LogP contribution in [0, 0.1) is 0 Å². The van der Waals surface area contributed by atoms with E-state index in [0.29, 0.717) is 12.2 Å². The molecule has 1 heterocycles. The van der Waals surface area contributed by atoms with Gasteiger partial charge in [-0.1, -0.05) is 30.3 Å². The van der Waals surface area contributed by atoms with Crippen LogP contribution in [-0.2, 0) is 6.54 Å². The summed E-state index contributed by atoms with van der Waals surface area (Å²) in [5.41, 5.74) is 7.21. The zero-order valence-corrected chi connectivity index (χ0v) is 8.43. The van der Waals surface area contributed by atoms with E-state index in [1.807, 2.05) is 37.3 Å². The predicted molar refractivity (Wildman–Crippen MR) is 58.5 cm³/mol. The number of hydrogen-bond donors (Lipinski definition) is 1. The highest BCUT2D eigenvalue weighted by atomic mass is 16.4. The lowest BCUT2D eigenvalue weighted by Gasteiger charge is -2.03. The van der Waals surface area contributed by atoms with Crippen molar-refractivity contribution in [1.82, 2.24) is 4.57 Å². The third-order valence-electron chi connectivity index (χ3n) is 2.28. The van der Waals surface area contributed by atoms with Gasteiger partial charge in [-0.05, 0) is 6.92 Å². The van der Waals surface area contributed by atoms with Crippen LogP contribution in [0.2, 0.25) is 0 Å². The second kappa shape index (κ2) is 3.65. The summed E-state index contributed by atoms with van der Waals surface area (Å²) in [6.45, 7) is 2.42. The third-order valence-corrected chi connectivity index (χ3v) is 2.28. The highest BCUT2D eigenvalue weighted by Gasteiger charge is 2.14. The molecular weight excluding hydrogens is 192 g/mol. The number of nitrogen functional groups attached to an aromatic ring is 1. The minimum absolute atomic E-state index is 0.174. The zero-order valence-electron chi connectivity index (χ0n) is 8.43. The Bertz CT molecular complexity index is 511. The van der Waals surface area contributed by atoms with Crippen LogP contribution in [0.1, 0.15) is 6.92 Å². The fourth-order valence-corrected chi connectivity index (χ4v) is 1.60. The molecule has 15 heavy (non-hydrogen) atoms. The summed E-state index contributed by atoms with van der Waals surface area (Å²) in [5, 5.41) is 0. The number of nitrogens with two attached hydrogens (primary N) is 1. The van der Waals surface area contributed by atoms with Crippen LogP contribution in [0.5, 0.6) is 0 Å². The fourth-order valence-electron chi connectivity index (χ4n) is 1.60. The summed E-state index contributed by atoms with van der Waals surface area (Å²) in [6.07, 6.45) is 0. The summed E-state index contributed by atoms with van der Waals surface area (Å²) in [6, 6.07) is 9.49. The van der Waals surface area contributed by atoms with Crippen molar-refractivity contribution < 1.29 is 4.42 Å². The second-order valence-electron chi connectivity index (χ2n) is 3.19. The van der Waals surface area contributed by atoms with Gasteiger partial charge in [-0.2, -0.15) is 0 Å². The third kappa shape index (κ3) is 1.54. The Morgan fingerprint density at radius 2 is 2.00 bits per heavy atom. The van der Waals surface area contributed by atoms with Crippen LogP contribution in [0.4, 0.5) is 5.88 Å². The number of nitrogens with zero attached hydrogens (tertiary/aromatic N) is 1. The van der Waals surface area contributed by atoms with Crippen molar-refractivity contribution in [1.29, 1.82) is 0 Å². The van der Waals surface area contributed by atoms with Crippen molar-refractivity contribution in [2.24, 2.45) is 0 Å². The molecule has 0 radical (unpaired) electrons. The van der Waals surface area contributed by atoms with Crippen LogP contribution in [-0.4, -0.2) is 4.57 Å². The highest BCUT2D eigenvalue weighted by Crippen LogP contribution is 2.24. The van der Waals surface area contributed by atoms with E-state index in [4.69, 9.17) is 10.2 Å². The van der Waals surface area contributed by atoms with Crippen LogP contribution in [0.25, 0.3) is 11.3 Å². The molecule has 1 aromatic carbocycles. The Morgan fingerprint density at radius 1 is 1.33 bits per heavy atom. The number of benzene rings is 1. The van der Waals surface area contributed by atoms with Gasteiger partial charge < -0.3 is 10.2 Å². The van der Waals surface area contributed by atoms with Crippen LogP contribution >= 0.6 is 0 Å². The number of aromatic nitrogens is 1. The van der Waals surface area contributed by atoms with Gasteiger partial charge >= 0.3 is 5.76 Å². The number of hydrogen-bond acceptors (Lipinski definition) is 3. The summed E-state index contributed by atoms with van der Waals surface area (Å²) in [4.78, 5) is 11.4. The molecule has 2 rings (SSSR count). The van der Waals surface area contributed by atoms with E-state index >= 15 is 0 Å². The van der Waals surface area contributed by atoms with Crippen molar-refractivity contribution in [2.45, 2.75) is 13.5 Å². The van der Waals surface area contributed by atoms with Crippen molar-refractivity contribution in [3.63, 3.8) is 0 Å². The quantitative estimate of drug-likeness (QED) is 0.810. The van der Waals surface area contributed by atoms with Gasteiger partial charge in [0.05, 0.1) is 0 Å². The molecule has 0 aliphatic heterocycles. The van der Waals surface area contributed by atoms with E-state index < -0.39 is 5.76 Å². The van der Waals surface area contributed by atoms with Crippen molar-refractivity contribution in [3.8, 4) is 11.3 Å². The number of anilines is 1. The average Bonchev–Trinajstić information content (AvgIpc) is 2.54. The fraction of sp³-hybridized carbons (Fsp3) is 0.182. The Hall–Kier alpha value is -1.97. The SMILES string of the molecule is CCn1c(-c2ccccc2)c(N)oc1=O. The molecule has 0 aliphatic carbocycles. The minimum Gasteiger partial charge on any atom is -0.391 e. The van der Waals surface area contributed by atoms with Gasteiger partial charge in [0.1, 0.15) is 5.69 Å². The van der Waals surface area contributed by atoms with Gasteiger partial charge in [-0.15, -0.1) is 0 Å². The topological polar surface area (TPSA) is 61.2 Å². The van der Waals surface area contributed by atoms with Gasteiger partial charge in [-0.25, -0.2) is 4.79 Å². The smallest absolute Gasteiger partial charge is 0.391 e. The molecule has 1 aromatic heterocycles. The maximum absolute atomic E-state index is 11.4. The molecule has 0 atom stereocenters. The molecule has 2 N–H and O–H groups in total. The normalized spacial score (nSPS) is 10.5. The Kier molecular flexibility index (Phi) is 2.33. The summed E-state index contributed by atoms with van der Waals surface area (Å²) in [7, 11) is 0. The summed E-state index contributed by atoms with van der Waals surface area (Å²) in [5.74, 6) is -0.234. The lowest BCUT2D eigenvalue weighted by Crippen LogP contribution is -2.13. The van der Waals surface area contributed by atoms with E-state index in [9.17, 15) is 4.79 Å². The van der Waals surface area contributed by atoms with Gasteiger partial charge in [0.2, 0.25) is 5.88 Å². The molecule has 2 aromatic rings. The molecule has 0 spiro atoms. The first kappa shape index (κ1) is 9.58. The van der Waals surface area contributed by atoms with Gasteiger partial charge in [0, 0.05) is 12.1 Å². The Morgan fingerprint density at radius 3 is 2.60 bits per heavy atom. The first-order valence-electron chi connectivity index (χ1n) is 4.78. The summed E-state index contributed by atoms with van der Waals surface area (Å²) < 4.78 is 6.39. The van der Waals surface area contributed by atoms with Gasteiger partial charge in [-0.3, -0.25) is 4.57 Å². The van der Waals surface area contributed by atoms with E-state index in [2.05, 4.69) is 0 Å². The van der Waals surface area contributed by atoms with Crippen molar-refractivity contribution in [2.75, 3.05) is 5.73 Å². The van der Waals surface area contributed by atoms with E-state index in [0.717, 1.165) is 5.56 Å². The average molecular weight is 204 g/mol. The monoisotopic (exact) mass is 204 g/mol. The summed E-state index contributed by atoms with van der Waals surface area (Å²) >= 11 is 0. The predicted octanol–water partition coefficient (Wildman–Crippen LogP) is 1.71. The van der Waals surface area contributed by atoms with E-state index in [-0.39, 0.29) is 5.88 Å². The maximum atomic E-state index is 11.4. The number of oxazole rings is 1. The second-order valence-corrected chi connectivity index (χ2v) is 3.19. The van der Waals surface area contributed by atoms with Gasteiger partial charge in [0.25, 0.3) is 0 Å². The molecule has 0 saturated heterocycles. The first-order chi connectivity index (χ1) is 7.24. The molecule has 0 bridgehead atoms. The lowest BCUT2D eigenvalue weighted by atomic mass is 10.1. The van der Waals surface area contributed by atoms with Crippen LogP contribution in [0.3, 0.4) is 0 Å². The Labute approximate surface area is 86.9 Å². The number of rotatable bonds is 2. The molecule has 4 nitrogen and oxygen atoms in total. The largest absolute Gasteiger partial charge is 0.421 e. The van der Waals surface area contributed by atoms with Gasteiger partial charge in [0.15, 0.2) is 0 Å². The lowest BCUT2D eigenvalue weighted by molar-refractivity contribution is 0.497. The van der Waals surface area contributed by atoms with Crippen molar-refractivity contribution >= 4 is 5.88 Å². The molecule has 0 saturated carbocycles. The molecule has 0 fully saturated rings. The zero-order chi connectivity index (χ0) is 10.8. The van der Waals surface area contributed by atoms with Crippen LogP contribution in [0.15, 0.2) is 39.5 Å².